The Morgan fingerprint density at radius 3 is 2.48 bits per heavy atom. The Hall–Kier alpha value is -3.45. The van der Waals surface area contributed by atoms with Gasteiger partial charge in [0.25, 0.3) is 0 Å². The van der Waals surface area contributed by atoms with E-state index in [1.807, 2.05) is 30.3 Å². The molecule has 138 valence electrons. The number of benzene rings is 2. The van der Waals surface area contributed by atoms with Crippen LogP contribution in [0.15, 0.2) is 48.5 Å². The molecule has 0 aromatic heterocycles. The van der Waals surface area contributed by atoms with Gasteiger partial charge in [0.1, 0.15) is 6.61 Å². The van der Waals surface area contributed by atoms with Crippen LogP contribution in [0.1, 0.15) is 28.7 Å². The first kappa shape index (κ1) is 19.9. The van der Waals surface area contributed by atoms with E-state index in [2.05, 4.69) is 17.2 Å². The zero-order valence-electron chi connectivity index (χ0n) is 14.1. The lowest BCUT2D eigenvalue weighted by molar-refractivity contribution is -0.137. The molecule has 7 heteroatoms. The van der Waals surface area contributed by atoms with Crippen LogP contribution in [-0.2, 0) is 17.5 Å². The van der Waals surface area contributed by atoms with Crippen molar-refractivity contribution in [3.8, 4) is 17.9 Å². The Morgan fingerprint density at radius 2 is 1.81 bits per heavy atom. The number of carbonyl (C=O) groups is 1. The van der Waals surface area contributed by atoms with Crippen molar-refractivity contribution in [2.24, 2.45) is 0 Å². The molecule has 0 unspecified atom stereocenters. The highest BCUT2D eigenvalue weighted by Gasteiger charge is 2.31. The lowest BCUT2D eigenvalue weighted by Gasteiger charge is -2.07. The summed E-state index contributed by atoms with van der Waals surface area (Å²) in [4.78, 5) is 11.5. The standard InChI is InChI=1S/C20H15F3N2O2/c21-20(22,23)18-11-16(10-17(12-18)13-24)8-4-5-9-25-19(26)27-14-15-6-2-1-3-7-15/h1-3,6-7,10-12H,5,9,14H2,(H,25,26). The Kier molecular flexibility index (Phi) is 6.85. The van der Waals surface area contributed by atoms with Gasteiger partial charge >= 0.3 is 12.3 Å². The number of halogens is 3. The van der Waals surface area contributed by atoms with Crippen molar-refractivity contribution in [2.75, 3.05) is 6.54 Å². The second-order valence-corrected chi connectivity index (χ2v) is 5.45. The third-order valence-corrected chi connectivity index (χ3v) is 3.35. The highest BCUT2D eigenvalue weighted by atomic mass is 19.4. The molecular weight excluding hydrogens is 357 g/mol. The van der Waals surface area contributed by atoms with E-state index in [4.69, 9.17) is 10.00 Å². The number of alkyl carbamates (subject to hydrolysis) is 1. The van der Waals surface area contributed by atoms with E-state index in [1.54, 1.807) is 6.07 Å². The molecule has 1 N–H and O–H groups in total. The van der Waals surface area contributed by atoms with Crippen LogP contribution >= 0.6 is 0 Å². The van der Waals surface area contributed by atoms with Gasteiger partial charge in [-0.15, -0.1) is 0 Å². The number of nitrogens with zero attached hydrogens (tertiary/aromatic N) is 1. The predicted molar refractivity (Wildman–Crippen MR) is 92.3 cm³/mol. The molecule has 1 amide bonds. The number of hydrogen-bond donors (Lipinski definition) is 1. The fourth-order valence-electron chi connectivity index (χ4n) is 2.09. The largest absolute Gasteiger partial charge is 0.445 e. The fourth-order valence-corrected chi connectivity index (χ4v) is 2.09. The average molecular weight is 372 g/mol. The van der Waals surface area contributed by atoms with Gasteiger partial charge < -0.3 is 10.1 Å². The van der Waals surface area contributed by atoms with Gasteiger partial charge in [0.05, 0.1) is 17.2 Å². The second-order valence-electron chi connectivity index (χ2n) is 5.45. The van der Waals surface area contributed by atoms with Crippen molar-refractivity contribution in [1.82, 2.24) is 5.32 Å². The van der Waals surface area contributed by atoms with Crippen LogP contribution in [0.4, 0.5) is 18.0 Å². The summed E-state index contributed by atoms with van der Waals surface area (Å²) in [6, 6.07) is 13.8. The van der Waals surface area contributed by atoms with Crippen molar-refractivity contribution >= 4 is 6.09 Å². The second kappa shape index (κ2) is 9.30. The summed E-state index contributed by atoms with van der Waals surface area (Å²) in [5, 5.41) is 11.3. The zero-order chi connectivity index (χ0) is 19.7. The fraction of sp³-hybridized carbons (Fsp3) is 0.200. The first-order valence-electron chi connectivity index (χ1n) is 7.94. The molecule has 0 aliphatic heterocycles. The van der Waals surface area contributed by atoms with Gasteiger partial charge in [-0.2, -0.15) is 18.4 Å². The third kappa shape index (κ3) is 6.75. The Bertz CT molecular complexity index is 891. The molecule has 0 aliphatic rings. The van der Waals surface area contributed by atoms with Gasteiger partial charge in [-0.05, 0) is 23.8 Å². The maximum atomic E-state index is 12.8. The van der Waals surface area contributed by atoms with Crippen LogP contribution in [-0.4, -0.2) is 12.6 Å². The monoisotopic (exact) mass is 372 g/mol. The molecule has 2 aromatic carbocycles. The Balaban J connectivity index is 1.83. The molecule has 27 heavy (non-hydrogen) atoms. The number of nitrogens with one attached hydrogen (secondary N) is 1. The van der Waals surface area contributed by atoms with Crippen LogP contribution in [0.2, 0.25) is 0 Å². The molecule has 0 bridgehead atoms. The molecule has 0 heterocycles. The number of amides is 1. The predicted octanol–water partition coefficient (Wildman–Crippen LogP) is 4.25. The van der Waals surface area contributed by atoms with Crippen molar-refractivity contribution in [3.05, 3.63) is 70.8 Å². The van der Waals surface area contributed by atoms with Crippen molar-refractivity contribution < 1.29 is 22.7 Å². The summed E-state index contributed by atoms with van der Waals surface area (Å²) < 4.78 is 43.4. The summed E-state index contributed by atoms with van der Waals surface area (Å²) in [6.07, 6.45) is -4.93. The lowest BCUT2D eigenvalue weighted by atomic mass is 10.1. The van der Waals surface area contributed by atoms with Gasteiger partial charge in [-0.25, -0.2) is 4.79 Å². The minimum absolute atomic E-state index is 0.0908. The quantitative estimate of drug-likeness (QED) is 0.645. The van der Waals surface area contributed by atoms with Crippen LogP contribution in [0.5, 0.6) is 0 Å². The van der Waals surface area contributed by atoms with E-state index in [0.717, 1.165) is 17.7 Å². The molecule has 2 aromatic rings. The molecule has 0 fully saturated rings. The summed E-state index contributed by atoms with van der Waals surface area (Å²) >= 11 is 0. The minimum atomic E-state index is -4.55. The van der Waals surface area contributed by atoms with Crippen molar-refractivity contribution in [2.45, 2.75) is 19.2 Å². The normalized spacial score (nSPS) is 10.3. The van der Waals surface area contributed by atoms with Gasteiger partial charge in [-0.3, -0.25) is 0 Å². The van der Waals surface area contributed by atoms with E-state index in [-0.39, 0.29) is 30.7 Å². The van der Waals surface area contributed by atoms with E-state index in [1.165, 1.54) is 6.07 Å². The smallest absolute Gasteiger partial charge is 0.416 e. The van der Waals surface area contributed by atoms with Crippen molar-refractivity contribution in [3.63, 3.8) is 0 Å². The Labute approximate surface area is 154 Å². The van der Waals surface area contributed by atoms with Crippen molar-refractivity contribution in [1.29, 1.82) is 5.26 Å². The summed E-state index contributed by atoms with van der Waals surface area (Å²) in [6.45, 7) is 0.324. The number of carbonyl (C=O) groups excluding carboxylic acids is 1. The average Bonchev–Trinajstić information content (AvgIpc) is 2.66. The summed E-state index contributed by atoms with van der Waals surface area (Å²) in [5.41, 5.74) is -0.0940. The molecular formula is C20H15F3N2O2. The number of nitriles is 1. The van der Waals surface area contributed by atoms with Crippen LogP contribution in [0.25, 0.3) is 0 Å². The molecule has 0 atom stereocenters. The van der Waals surface area contributed by atoms with Crippen LogP contribution in [0, 0.1) is 23.2 Å². The van der Waals surface area contributed by atoms with Gasteiger partial charge in [-0.1, -0.05) is 42.2 Å². The SMILES string of the molecule is N#Cc1cc(C#CCCNC(=O)OCc2ccccc2)cc(C(F)(F)F)c1. The van der Waals surface area contributed by atoms with E-state index >= 15 is 0 Å². The number of ether oxygens (including phenoxy) is 1. The van der Waals surface area contributed by atoms with Crippen LogP contribution in [0.3, 0.4) is 0 Å². The minimum Gasteiger partial charge on any atom is -0.445 e. The van der Waals surface area contributed by atoms with Crippen LogP contribution < -0.4 is 5.32 Å². The number of alkyl halides is 3. The first-order valence-corrected chi connectivity index (χ1v) is 7.94. The molecule has 0 saturated heterocycles. The topological polar surface area (TPSA) is 62.1 Å². The molecule has 4 nitrogen and oxygen atoms in total. The zero-order valence-corrected chi connectivity index (χ0v) is 14.1. The van der Waals surface area contributed by atoms with Gasteiger partial charge in [0.15, 0.2) is 0 Å². The Morgan fingerprint density at radius 1 is 1.11 bits per heavy atom. The van der Waals surface area contributed by atoms with E-state index in [9.17, 15) is 18.0 Å². The van der Waals surface area contributed by atoms with Gasteiger partial charge in [0, 0.05) is 18.5 Å². The molecule has 2 rings (SSSR count). The first-order chi connectivity index (χ1) is 12.9. The van der Waals surface area contributed by atoms with E-state index in [0.29, 0.717) is 0 Å². The number of hydrogen-bond acceptors (Lipinski definition) is 3. The maximum Gasteiger partial charge on any atom is 0.416 e. The highest BCUT2D eigenvalue weighted by Crippen LogP contribution is 2.30. The lowest BCUT2D eigenvalue weighted by Crippen LogP contribution is -2.24. The highest BCUT2D eigenvalue weighted by molar-refractivity contribution is 5.67. The van der Waals surface area contributed by atoms with Gasteiger partial charge in [0.2, 0.25) is 0 Å². The third-order valence-electron chi connectivity index (χ3n) is 3.35. The maximum absolute atomic E-state index is 12.8. The van der Waals surface area contributed by atoms with E-state index < -0.39 is 17.8 Å². The summed E-state index contributed by atoms with van der Waals surface area (Å²) in [5.74, 6) is 5.23. The molecule has 0 aliphatic carbocycles. The molecule has 0 saturated carbocycles. The molecule has 0 spiro atoms. The molecule has 0 radical (unpaired) electrons. The summed E-state index contributed by atoms with van der Waals surface area (Å²) in [7, 11) is 0. The number of rotatable bonds is 4.